The van der Waals surface area contributed by atoms with Gasteiger partial charge in [-0.05, 0) is 26.7 Å². The summed E-state index contributed by atoms with van der Waals surface area (Å²) in [5.41, 5.74) is -2.12. The third kappa shape index (κ3) is 3.51. The monoisotopic (exact) mass is 282 g/mol. The molecule has 0 bridgehead atoms. The van der Waals surface area contributed by atoms with Gasteiger partial charge in [-0.3, -0.25) is 4.79 Å². The fourth-order valence-corrected chi connectivity index (χ4v) is 1.90. The summed E-state index contributed by atoms with van der Waals surface area (Å²) >= 11 is 0. The Kier molecular flexibility index (Phi) is 4.32. The summed E-state index contributed by atoms with van der Waals surface area (Å²) in [5.74, 6) is -1.10. The number of amides is 2. The molecule has 1 aliphatic carbocycles. The zero-order chi connectivity index (χ0) is 14.8. The van der Waals surface area contributed by atoms with Crippen LogP contribution in [-0.2, 0) is 4.79 Å². The predicted octanol–water partition coefficient (Wildman–Crippen LogP) is 1.98. The van der Waals surface area contributed by atoms with Crippen LogP contribution in [0.4, 0.5) is 18.0 Å². The first-order valence-corrected chi connectivity index (χ1v) is 6.00. The van der Waals surface area contributed by atoms with Crippen molar-refractivity contribution in [1.29, 1.82) is 0 Å². The Morgan fingerprint density at radius 3 is 2.26 bits per heavy atom. The van der Waals surface area contributed by atoms with Crippen molar-refractivity contribution in [3.63, 3.8) is 0 Å². The number of nitrogens with zero attached hydrogens (tertiary/aromatic N) is 1. The SMILES string of the molecule is CCN(C(=O)NC1(C(F)(F)F)CC1)C(C)CC(=O)O. The molecule has 1 aliphatic rings. The van der Waals surface area contributed by atoms with Gasteiger partial charge in [0.05, 0.1) is 6.42 Å². The number of alkyl halides is 3. The molecule has 5 nitrogen and oxygen atoms in total. The number of hydrogen-bond acceptors (Lipinski definition) is 2. The van der Waals surface area contributed by atoms with Crippen molar-refractivity contribution in [2.75, 3.05) is 6.54 Å². The summed E-state index contributed by atoms with van der Waals surface area (Å²) in [6.45, 7) is 3.23. The molecule has 8 heteroatoms. The molecule has 0 aromatic heterocycles. The van der Waals surface area contributed by atoms with Crippen LogP contribution in [0.25, 0.3) is 0 Å². The highest BCUT2D eigenvalue weighted by Crippen LogP contribution is 2.49. The molecule has 2 amide bonds. The van der Waals surface area contributed by atoms with Gasteiger partial charge >= 0.3 is 18.2 Å². The van der Waals surface area contributed by atoms with E-state index in [2.05, 4.69) is 0 Å². The first-order chi connectivity index (χ1) is 8.63. The van der Waals surface area contributed by atoms with E-state index >= 15 is 0 Å². The first kappa shape index (κ1) is 15.6. The summed E-state index contributed by atoms with van der Waals surface area (Å²) in [7, 11) is 0. The smallest absolute Gasteiger partial charge is 0.411 e. The molecular weight excluding hydrogens is 265 g/mol. The summed E-state index contributed by atoms with van der Waals surface area (Å²) in [5, 5.41) is 10.6. The zero-order valence-corrected chi connectivity index (χ0v) is 10.8. The molecular formula is C11H17F3N2O3. The molecule has 1 atom stereocenters. The van der Waals surface area contributed by atoms with E-state index in [1.807, 2.05) is 5.32 Å². The van der Waals surface area contributed by atoms with E-state index in [1.54, 1.807) is 6.92 Å². The molecule has 1 fully saturated rings. The highest BCUT2D eigenvalue weighted by atomic mass is 19.4. The van der Waals surface area contributed by atoms with Crippen LogP contribution < -0.4 is 5.32 Å². The molecule has 0 saturated heterocycles. The van der Waals surface area contributed by atoms with Crippen LogP contribution in [0, 0.1) is 0 Å². The van der Waals surface area contributed by atoms with Crippen LogP contribution >= 0.6 is 0 Å². The molecule has 1 saturated carbocycles. The topological polar surface area (TPSA) is 69.6 Å². The van der Waals surface area contributed by atoms with Crippen molar-refractivity contribution < 1.29 is 27.9 Å². The first-order valence-electron chi connectivity index (χ1n) is 6.00. The summed E-state index contributed by atoms with van der Waals surface area (Å²) in [6, 6.07) is -1.53. The Bertz CT molecular complexity index is 367. The fraction of sp³-hybridized carbons (Fsp3) is 0.818. The maximum Gasteiger partial charge on any atom is 0.411 e. The van der Waals surface area contributed by atoms with Gasteiger partial charge in [-0.15, -0.1) is 0 Å². The maximum atomic E-state index is 12.7. The Balaban J connectivity index is 2.68. The van der Waals surface area contributed by atoms with Crippen molar-refractivity contribution in [3.05, 3.63) is 0 Å². The van der Waals surface area contributed by atoms with E-state index in [0.29, 0.717) is 0 Å². The second-order valence-corrected chi connectivity index (χ2v) is 4.74. The number of halogens is 3. The number of carboxylic acid groups (broad SMARTS) is 1. The van der Waals surface area contributed by atoms with Crippen LogP contribution in [-0.4, -0.2) is 46.3 Å². The number of carbonyl (C=O) groups excluding carboxylic acids is 1. The Labute approximate surface area is 108 Å². The largest absolute Gasteiger partial charge is 0.481 e. The van der Waals surface area contributed by atoms with Crippen LogP contribution in [0.1, 0.15) is 33.1 Å². The van der Waals surface area contributed by atoms with Gasteiger partial charge < -0.3 is 15.3 Å². The molecule has 1 unspecified atom stereocenters. The minimum Gasteiger partial charge on any atom is -0.481 e. The molecule has 2 N–H and O–H groups in total. The third-order valence-electron chi connectivity index (χ3n) is 3.24. The average molecular weight is 282 g/mol. The van der Waals surface area contributed by atoms with Gasteiger partial charge in [0, 0.05) is 12.6 Å². The van der Waals surface area contributed by atoms with Crippen molar-refractivity contribution in [1.82, 2.24) is 10.2 Å². The lowest BCUT2D eigenvalue weighted by Gasteiger charge is -2.30. The van der Waals surface area contributed by atoms with Gasteiger partial charge in [-0.1, -0.05) is 0 Å². The lowest BCUT2D eigenvalue weighted by Crippen LogP contribution is -2.54. The van der Waals surface area contributed by atoms with Crippen molar-refractivity contribution in [2.24, 2.45) is 0 Å². The van der Waals surface area contributed by atoms with Crippen molar-refractivity contribution in [2.45, 2.75) is 50.9 Å². The van der Waals surface area contributed by atoms with Gasteiger partial charge in [0.15, 0.2) is 0 Å². The molecule has 19 heavy (non-hydrogen) atoms. The Morgan fingerprint density at radius 1 is 1.42 bits per heavy atom. The van der Waals surface area contributed by atoms with Crippen molar-refractivity contribution >= 4 is 12.0 Å². The summed E-state index contributed by atoms with van der Waals surface area (Å²) in [6.07, 6.45) is -5.04. The van der Waals surface area contributed by atoms with E-state index in [4.69, 9.17) is 5.11 Å². The van der Waals surface area contributed by atoms with E-state index < -0.39 is 29.8 Å². The van der Waals surface area contributed by atoms with Gasteiger partial charge in [-0.25, -0.2) is 4.79 Å². The maximum absolute atomic E-state index is 12.7. The average Bonchev–Trinajstić information content (AvgIpc) is 2.97. The number of aliphatic carboxylic acids is 1. The van der Waals surface area contributed by atoms with Crippen molar-refractivity contribution in [3.8, 4) is 0 Å². The number of rotatable bonds is 5. The Hall–Kier alpha value is -1.47. The van der Waals surface area contributed by atoms with Crippen LogP contribution in [0.2, 0.25) is 0 Å². The molecule has 0 aromatic carbocycles. The third-order valence-corrected chi connectivity index (χ3v) is 3.24. The standard InChI is InChI=1S/C11H17F3N2O3/c1-3-16(7(2)6-8(17)18)9(19)15-10(4-5-10)11(12,13)14/h7H,3-6H2,1-2H3,(H,15,19)(H,17,18). The zero-order valence-electron chi connectivity index (χ0n) is 10.8. The van der Waals surface area contributed by atoms with E-state index in [9.17, 15) is 22.8 Å². The van der Waals surface area contributed by atoms with Gasteiger partial charge in [0.25, 0.3) is 0 Å². The number of carbonyl (C=O) groups is 2. The van der Waals surface area contributed by atoms with E-state index in [-0.39, 0.29) is 25.8 Å². The predicted molar refractivity (Wildman–Crippen MR) is 60.6 cm³/mol. The molecule has 0 aliphatic heterocycles. The van der Waals surface area contributed by atoms with E-state index in [1.165, 1.54) is 6.92 Å². The van der Waals surface area contributed by atoms with Gasteiger partial charge in [0.1, 0.15) is 5.54 Å². The minimum atomic E-state index is -4.47. The highest BCUT2D eigenvalue weighted by Gasteiger charge is 2.64. The lowest BCUT2D eigenvalue weighted by atomic mass is 10.2. The number of carboxylic acids is 1. The second kappa shape index (κ2) is 5.26. The molecule has 0 aromatic rings. The lowest BCUT2D eigenvalue weighted by molar-refractivity contribution is -0.163. The normalized spacial score (nSPS) is 18.6. The molecule has 0 radical (unpaired) electrons. The molecule has 1 rings (SSSR count). The van der Waals surface area contributed by atoms with Gasteiger partial charge in [-0.2, -0.15) is 13.2 Å². The Morgan fingerprint density at radius 2 is 1.95 bits per heavy atom. The summed E-state index contributed by atoms with van der Waals surface area (Å²) in [4.78, 5) is 23.5. The summed E-state index contributed by atoms with van der Waals surface area (Å²) < 4.78 is 38.1. The number of urea groups is 1. The molecule has 0 spiro atoms. The molecule has 110 valence electrons. The highest BCUT2D eigenvalue weighted by molar-refractivity contribution is 5.77. The molecule has 0 heterocycles. The second-order valence-electron chi connectivity index (χ2n) is 4.74. The quantitative estimate of drug-likeness (QED) is 0.810. The van der Waals surface area contributed by atoms with Gasteiger partial charge in [0.2, 0.25) is 0 Å². The minimum absolute atomic E-state index is 0.132. The van der Waals surface area contributed by atoms with Crippen LogP contribution in [0.15, 0.2) is 0 Å². The van der Waals surface area contributed by atoms with E-state index in [0.717, 1.165) is 4.90 Å². The number of nitrogens with one attached hydrogen (secondary N) is 1. The van der Waals surface area contributed by atoms with Crippen LogP contribution in [0.3, 0.4) is 0 Å². The van der Waals surface area contributed by atoms with Crippen LogP contribution in [0.5, 0.6) is 0 Å². The fourth-order valence-electron chi connectivity index (χ4n) is 1.90. The number of hydrogen-bond donors (Lipinski definition) is 2.